The average molecular weight is 830 g/mol. The number of rotatable bonds is 21. The predicted octanol–water partition coefficient (Wildman–Crippen LogP) is 2.29. The molecule has 0 radical (unpaired) electrons. The van der Waals surface area contributed by atoms with Gasteiger partial charge in [-0.1, -0.05) is 51.8 Å². The van der Waals surface area contributed by atoms with Gasteiger partial charge in [-0.05, 0) is 43.7 Å². The molecule has 0 spiro atoms. The highest BCUT2D eigenvalue weighted by molar-refractivity contribution is 6.22. The van der Waals surface area contributed by atoms with Gasteiger partial charge in [-0.25, -0.2) is 0 Å². The molecule has 1 aromatic rings. The molecule has 3 unspecified atom stereocenters. The van der Waals surface area contributed by atoms with Crippen molar-refractivity contribution in [3.8, 4) is 0 Å². The smallest absolute Gasteiger partial charge is 0.278 e. The zero-order valence-corrected chi connectivity index (χ0v) is 34.9. The van der Waals surface area contributed by atoms with Gasteiger partial charge in [-0.2, -0.15) is 0 Å². The second-order valence-corrected chi connectivity index (χ2v) is 16.9. The van der Waals surface area contributed by atoms with Gasteiger partial charge < -0.3 is 40.7 Å². The molecule has 58 heavy (non-hydrogen) atoms. The number of nitrogens with zero attached hydrogens (tertiary/aromatic N) is 2. The maximum Gasteiger partial charge on any atom is 0.278 e. The minimum atomic E-state index is -1.21. The van der Waals surface area contributed by atoms with Crippen molar-refractivity contribution in [2.24, 2.45) is 11.8 Å². The summed E-state index contributed by atoms with van der Waals surface area (Å²) in [4.78, 5) is 77.0. The minimum Gasteiger partial charge on any atom is -0.390 e. The van der Waals surface area contributed by atoms with Gasteiger partial charge in [0.05, 0.1) is 37.7 Å². The normalized spacial score (nSPS) is 25.9. The Hall–Kier alpha value is -4.15. The zero-order valence-electron chi connectivity index (χ0n) is 34.2. The van der Waals surface area contributed by atoms with Crippen LogP contribution in [0.3, 0.4) is 0 Å². The summed E-state index contributed by atoms with van der Waals surface area (Å²) in [6.45, 7) is 11.0. The molecule has 2 saturated heterocycles. The van der Waals surface area contributed by atoms with Crippen LogP contribution in [0.2, 0.25) is 0 Å². The van der Waals surface area contributed by atoms with E-state index < -0.39 is 53.6 Å². The van der Waals surface area contributed by atoms with E-state index in [2.05, 4.69) is 41.8 Å². The molecule has 3 aliphatic heterocycles. The number of aliphatic hydroxyl groups excluding tert-OH is 2. The van der Waals surface area contributed by atoms with E-state index in [1.54, 1.807) is 26.0 Å². The minimum absolute atomic E-state index is 0.176. The fourth-order valence-electron chi connectivity index (χ4n) is 8.18. The third kappa shape index (κ3) is 12.7. The van der Waals surface area contributed by atoms with Crippen LogP contribution < -0.4 is 21.3 Å². The topological polar surface area (TPSA) is 203 Å². The number of unbranched alkanes of at least 4 members (excludes halogenated alkanes) is 2. The third-order valence-corrected chi connectivity index (χ3v) is 11.8. The molecule has 16 heteroatoms. The average Bonchev–Trinajstić information content (AvgIpc) is 3.69. The number of likely N-dealkylation sites (N-methyl/N-ethyl adjacent to an activating group) is 1. The van der Waals surface area contributed by atoms with Crippen molar-refractivity contribution in [2.45, 2.75) is 120 Å². The number of quaternary nitrogens is 1. The number of carbonyl (C=O) groups excluding carboxylic acids is 6. The molecule has 15 nitrogen and oxygen atoms in total. The number of ether oxygens (including phenoxy) is 1. The Labute approximate surface area is 346 Å². The molecule has 320 valence electrons. The van der Waals surface area contributed by atoms with Gasteiger partial charge in [-0.3, -0.25) is 33.7 Å². The number of aliphatic hydroxyl groups is 2. The molecule has 0 aromatic heterocycles. The summed E-state index contributed by atoms with van der Waals surface area (Å²) >= 11 is 6.59. The molecule has 4 rings (SSSR count). The van der Waals surface area contributed by atoms with Crippen LogP contribution in [0.5, 0.6) is 0 Å². The van der Waals surface area contributed by atoms with E-state index >= 15 is 0 Å². The molecule has 9 atom stereocenters. The van der Waals surface area contributed by atoms with Gasteiger partial charge >= 0.3 is 0 Å². The third-order valence-electron chi connectivity index (χ3n) is 11.3. The number of benzene rings is 1. The van der Waals surface area contributed by atoms with Crippen LogP contribution in [0.15, 0.2) is 49.1 Å². The zero-order chi connectivity index (χ0) is 42.6. The van der Waals surface area contributed by atoms with E-state index in [9.17, 15) is 39.0 Å². The number of imide groups is 1. The van der Waals surface area contributed by atoms with Crippen molar-refractivity contribution in [1.29, 1.82) is 0 Å². The predicted molar refractivity (Wildman–Crippen MR) is 219 cm³/mol. The lowest BCUT2D eigenvalue weighted by Gasteiger charge is -2.40. The molecule has 0 saturated carbocycles. The second-order valence-electron chi connectivity index (χ2n) is 16.3. The van der Waals surface area contributed by atoms with Gasteiger partial charge in [0, 0.05) is 55.3 Å². The van der Waals surface area contributed by atoms with Crippen LogP contribution in [0, 0.1) is 11.8 Å². The number of carbonyl (C=O) groups is 6. The first-order valence-electron chi connectivity index (χ1n) is 20.4. The van der Waals surface area contributed by atoms with E-state index in [1.807, 2.05) is 12.1 Å². The lowest BCUT2D eigenvalue weighted by Crippen LogP contribution is -2.62. The highest BCUT2D eigenvalue weighted by Gasteiger charge is 2.49. The van der Waals surface area contributed by atoms with Crippen LogP contribution in [0.25, 0.3) is 0 Å². The first-order chi connectivity index (χ1) is 27.6. The Morgan fingerprint density at radius 2 is 1.72 bits per heavy atom. The van der Waals surface area contributed by atoms with E-state index in [4.69, 9.17) is 16.3 Å². The van der Waals surface area contributed by atoms with Crippen LogP contribution in [0.1, 0.15) is 77.7 Å². The number of anilines is 1. The number of alkyl halides is 1. The summed E-state index contributed by atoms with van der Waals surface area (Å²) in [6, 6.07) is 5.29. The number of hydrogen-bond donors (Lipinski definition) is 6. The number of likely N-dealkylation sites (tertiary alicyclic amines) is 1. The Morgan fingerprint density at radius 1 is 1.03 bits per heavy atom. The van der Waals surface area contributed by atoms with Gasteiger partial charge in [-0.15, -0.1) is 18.2 Å². The summed E-state index contributed by atoms with van der Waals surface area (Å²) in [5.41, 5.74) is 1.49. The summed E-state index contributed by atoms with van der Waals surface area (Å²) in [6.07, 6.45) is 5.69. The van der Waals surface area contributed by atoms with Crippen molar-refractivity contribution in [2.75, 3.05) is 38.6 Å². The Kier molecular flexibility index (Phi) is 17.4. The number of amides is 6. The van der Waals surface area contributed by atoms with Crippen molar-refractivity contribution in [3.05, 3.63) is 54.6 Å². The van der Waals surface area contributed by atoms with Crippen molar-refractivity contribution in [3.63, 3.8) is 0 Å². The quantitative estimate of drug-likeness (QED) is 0.0354. The van der Waals surface area contributed by atoms with Crippen LogP contribution in [-0.2, 0) is 40.0 Å². The van der Waals surface area contributed by atoms with Crippen molar-refractivity contribution >= 4 is 52.7 Å². The lowest BCUT2D eigenvalue weighted by atomic mass is 9.93. The fraction of sp³-hybridized carbons (Fsp3) is 0.619. The molecule has 1 aromatic carbocycles. The van der Waals surface area contributed by atoms with E-state index in [0.29, 0.717) is 54.9 Å². The number of hydrogen-bond acceptors (Lipinski definition) is 9. The molecule has 6 amide bonds. The van der Waals surface area contributed by atoms with Gasteiger partial charge in [0.15, 0.2) is 6.04 Å². The summed E-state index contributed by atoms with van der Waals surface area (Å²) < 4.78 is 6.24. The van der Waals surface area contributed by atoms with Crippen molar-refractivity contribution in [1.82, 2.24) is 20.9 Å². The molecular weight excluding hydrogens is 768 g/mol. The molecule has 3 aliphatic rings. The molecule has 0 aliphatic carbocycles. The Balaban J connectivity index is 1.27. The highest BCUT2D eigenvalue weighted by Crippen LogP contribution is 2.35. The fourth-order valence-corrected chi connectivity index (χ4v) is 8.39. The second kappa shape index (κ2) is 21.7. The van der Waals surface area contributed by atoms with E-state index in [0.717, 1.165) is 29.8 Å². The van der Waals surface area contributed by atoms with Gasteiger partial charge in [0.2, 0.25) is 17.7 Å². The number of nitrogens with one attached hydrogen (secondary N) is 4. The van der Waals surface area contributed by atoms with Gasteiger partial charge in [0.1, 0.15) is 24.8 Å². The Bertz CT molecular complexity index is 1640. The van der Waals surface area contributed by atoms with Crippen molar-refractivity contribution < 1.29 is 48.2 Å². The van der Waals surface area contributed by atoms with E-state index in [1.165, 1.54) is 18.2 Å². The summed E-state index contributed by atoms with van der Waals surface area (Å²) in [5.74, 6) is -2.01. The molecule has 6 N–H and O–H groups in total. The van der Waals surface area contributed by atoms with Crippen LogP contribution >= 0.6 is 11.6 Å². The molecule has 2 fully saturated rings. The van der Waals surface area contributed by atoms with Crippen LogP contribution in [0.4, 0.5) is 5.69 Å². The SMILES string of the molecule is C=CC(Cl)C(NC(=O)[C@@H]1C[C@@H](CCC)C[N+]1(C)Cc1ccc(NC(=O)CNC(=O)[C@@H](NC(=O)CCCCCN2C(=O)C=CC2=O)C(C)C)cc1)[C@H]1OCC[C@@H](O)[C@H]1O. The summed E-state index contributed by atoms with van der Waals surface area (Å²) in [7, 11) is 2.06. The van der Waals surface area contributed by atoms with E-state index in [-0.39, 0.29) is 55.5 Å². The Morgan fingerprint density at radius 3 is 2.36 bits per heavy atom. The monoisotopic (exact) mass is 829 g/mol. The van der Waals surface area contributed by atoms with Gasteiger partial charge in [0.25, 0.3) is 17.7 Å². The maximum atomic E-state index is 14.1. The first-order valence-corrected chi connectivity index (χ1v) is 20.9. The largest absolute Gasteiger partial charge is 0.390 e. The first kappa shape index (κ1) is 46.5. The molecular formula is C42H62ClN6O9+. The highest BCUT2D eigenvalue weighted by atomic mass is 35.5. The van der Waals surface area contributed by atoms with Crippen LogP contribution in [-0.4, -0.2) is 130 Å². The molecule has 3 heterocycles. The lowest BCUT2D eigenvalue weighted by molar-refractivity contribution is -0.926. The number of halogens is 1. The summed E-state index contributed by atoms with van der Waals surface area (Å²) in [5, 5.41) is 31.5. The maximum absolute atomic E-state index is 14.1. The standard InChI is InChI=1S/C42H61ClN6O9/c1-6-11-28-22-31(41(56)47-38(30(43)7-2)40-39(55)32(50)19-21-58-40)49(5,25-28)24-27-13-15-29(16-14-27)45-34(52)23-44-42(57)37(26(3)4)46-33(51)12-9-8-10-20-48-35(53)17-18-36(48)54/h7,13-18,26,28,30-32,37-40,50,55H,2,6,8-12,19-25H2,1,3-5H3,(H3-,44,45,46,47,51,52,56,57)/p+1/t28-,30?,31+,32-,37+,38?,39-,40-,49?/m1/s1. The molecule has 0 bridgehead atoms.